The van der Waals surface area contributed by atoms with Crippen LogP contribution in [0.1, 0.15) is 55.1 Å². The third-order valence-corrected chi connectivity index (χ3v) is 6.53. The quantitative estimate of drug-likeness (QED) is 0.755. The average Bonchev–Trinajstić information content (AvgIpc) is 3.18. The molecule has 2 aliphatic heterocycles. The van der Waals surface area contributed by atoms with Gasteiger partial charge in [0.2, 0.25) is 0 Å². The van der Waals surface area contributed by atoms with E-state index in [9.17, 15) is 9.18 Å². The third-order valence-electron chi connectivity index (χ3n) is 6.53. The summed E-state index contributed by atoms with van der Waals surface area (Å²) >= 11 is 0. The van der Waals surface area contributed by atoms with Gasteiger partial charge in [-0.05, 0) is 76.4 Å². The molecule has 1 aromatic carbocycles. The Bertz CT molecular complexity index is 803. The lowest BCUT2D eigenvalue weighted by molar-refractivity contribution is 0.0469. The summed E-state index contributed by atoms with van der Waals surface area (Å²) in [5.74, 6) is -0.428. The van der Waals surface area contributed by atoms with Crippen molar-refractivity contribution in [3.63, 3.8) is 0 Å². The molecular weight excluding hydrogens is 355 g/mol. The van der Waals surface area contributed by atoms with Crippen molar-refractivity contribution in [2.45, 2.75) is 64.1 Å². The summed E-state index contributed by atoms with van der Waals surface area (Å²) in [5, 5.41) is 7.18. The summed E-state index contributed by atoms with van der Waals surface area (Å²) < 4.78 is 14.1. The Balaban J connectivity index is 1.51. The molecule has 2 aromatic rings. The Hall–Kier alpha value is -1.92. The van der Waals surface area contributed by atoms with E-state index in [2.05, 4.69) is 27.4 Å². The number of amides is 1. The summed E-state index contributed by atoms with van der Waals surface area (Å²) in [5.41, 5.74) is 2.09. The lowest BCUT2D eigenvalue weighted by Crippen LogP contribution is -2.59. The van der Waals surface area contributed by atoms with Crippen molar-refractivity contribution in [2.24, 2.45) is 0 Å². The van der Waals surface area contributed by atoms with Gasteiger partial charge in [-0.1, -0.05) is 13.0 Å². The number of rotatable bonds is 4. The van der Waals surface area contributed by atoms with Crippen molar-refractivity contribution < 1.29 is 9.18 Å². The van der Waals surface area contributed by atoms with Crippen LogP contribution in [0.15, 0.2) is 18.2 Å². The van der Waals surface area contributed by atoms with Gasteiger partial charge in [0.1, 0.15) is 11.5 Å². The summed E-state index contributed by atoms with van der Waals surface area (Å²) in [7, 11) is 0. The zero-order valence-electron chi connectivity index (χ0n) is 16.9. The van der Waals surface area contributed by atoms with Crippen LogP contribution in [0.25, 0.3) is 10.9 Å². The Morgan fingerprint density at radius 1 is 1.29 bits per heavy atom. The molecule has 4 rings (SSSR count). The highest BCUT2D eigenvalue weighted by Gasteiger charge is 2.35. The van der Waals surface area contributed by atoms with Gasteiger partial charge in [0.15, 0.2) is 0 Å². The topological polar surface area (TPSA) is 60.2 Å². The maximum atomic E-state index is 14.1. The molecule has 2 aliphatic rings. The number of carbonyl (C=O) groups is 1. The van der Waals surface area contributed by atoms with Crippen molar-refractivity contribution >= 4 is 16.8 Å². The van der Waals surface area contributed by atoms with Gasteiger partial charge < -0.3 is 15.6 Å². The molecule has 152 valence electrons. The van der Waals surface area contributed by atoms with Gasteiger partial charge in [0, 0.05) is 23.5 Å². The van der Waals surface area contributed by atoms with Crippen molar-refractivity contribution in [1.82, 2.24) is 20.5 Å². The van der Waals surface area contributed by atoms with E-state index < -0.39 is 0 Å². The summed E-state index contributed by atoms with van der Waals surface area (Å²) in [6.45, 7) is 7.41. The van der Waals surface area contributed by atoms with Gasteiger partial charge in [-0.15, -0.1) is 0 Å². The largest absolute Gasteiger partial charge is 0.350 e. The second kappa shape index (κ2) is 8.21. The first-order valence-corrected chi connectivity index (χ1v) is 10.6. The number of halogens is 1. The number of H-pyrrole nitrogens is 1. The zero-order valence-corrected chi connectivity index (χ0v) is 16.9. The standard InChI is InChI=1S/C22H31FN4O/c1-3-20-18(5-4-12-27(20)15-8-10-24-11-9-15)26-22(28)19-13-16-17(23)7-6-14(2)21(16)25-19/h6-7,13,15,18,20,24-25H,3-5,8-12H2,1-2H3,(H,26,28)/t18?,20-/m0/s1. The number of fused-ring (bicyclic) bond motifs is 1. The number of aromatic amines is 1. The highest BCUT2D eigenvalue weighted by atomic mass is 19.1. The molecule has 0 saturated carbocycles. The minimum atomic E-state index is -0.294. The average molecular weight is 387 g/mol. The Morgan fingerprint density at radius 2 is 2.07 bits per heavy atom. The van der Waals surface area contributed by atoms with Crippen molar-refractivity contribution in [3.05, 3.63) is 35.3 Å². The molecule has 3 N–H and O–H groups in total. The van der Waals surface area contributed by atoms with E-state index in [4.69, 9.17) is 0 Å². The van der Waals surface area contributed by atoms with Crippen LogP contribution in [0.3, 0.4) is 0 Å². The summed E-state index contributed by atoms with van der Waals surface area (Å²) in [6.07, 6.45) is 5.48. The number of nitrogens with zero attached hydrogens (tertiary/aromatic N) is 1. The number of likely N-dealkylation sites (tertiary alicyclic amines) is 1. The van der Waals surface area contributed by atoms with E-state index in [1.807, 2.05) is 6.92 Å². The van der Waals surface area contributed by atoms with Crippen LogP contribution in [0.2, 0.25) is 0 Å². The van der Waals surface area contributed by atoms with Gasteiger partial charge >= 0.3 is 0 Å². The lowest BCUT2D eigenvalue weighted by atomic mass is 9.90. The maximum Gasteiger partial charge on any atom is 0.268 e. The molecule has 1 unspecified atom stereocenters. The fourth-order valence-electron chi connectivity index (χ4n) is 5.06. The van der Waals surface area contributed by atoms with Crippen LogP contribution in [0, 0.1) is 12.7 Å². The molecule has 6 heteroatoms. The first-order valence-electron chi connectivity index (χ1n) is 10.6. The van der Waals surface area contributed by atoms with E-state index in [1.165, 1.54) is 18.9 Å². The molecule has 2 fully saturated rings. The fourth-order valence-corrected chi connectivity index (χ4v) is 5.06. The third kappa shape index (κ3) is 3.67. The van der Waals surface area contributed by atoms with Gasteiger partial charge in [-0.25, -0.2) is 4.39 Å². The number of piperidine rings is 2. The fraction of sp³-hybridized carbons (Fsp3) is 0.591. The summed E-state index contributed by atoms with van der Waals surface area (Å²) in [4.78, 5) is 18.7. The van der Waals surface area contributed by atoms with E-state index in [0.29, 0.717) is 28.7 Å². The van der Waals surface area contributed by atoms with Crippen molar-refractivity contribution in [2.75, 3.05) is 19.6 Å². The minimum absolute atomic E-state index is 0.134. The number of carbonyl (C=O) groups excluding carboxylic acids is 1. The number of hydrogen-bond acceptors (Lipinski definition) is 3. The molecule has 0 spiro atoms. The van der Waals surface area contributed by atoms with Crippen molar-refractivity contribution in [3.8, 4) is 0 Å². The molecule has 28 heavy (non-hydrogen) atoms. The number of aryl methyl sites for hydroxylation is 1. The van der Waals surface area contributed by atoms with Gasteiger partial charge in [-0.3, -0.25) is 9.69 Å². The van der Waals surface area contributed by atoms with E-state index >= 15 is 0 Å². The second-order valence-electron chi connectivity index (χ2n) is 8.25. The predicted octanol–water partition coefficient (Wildman–Crippen LogP) is 3.34. The number of benzene rings is 1. The van der Waals surface area contributed by atoms with Crippen LogP contribution in [0.4, 0.5) is 4.39 Å². The van der Waals surface area contributed by atoms with E-state index in [-0.39, 0.29) is 17.8 Å². The van der Waals surface area contributed by atoms with Crippen LogP contribution >= 0.6 is 0 Å². The van der Waals surface area contributed by atoms with Crippen LogP contribution in [-0.2, 0) is 0 Å². The van der Waals surface area contributed by atoms with Gasteiger partial charge in [-0.2, -0.15) is 0 Å². The first kappa shape index (κ1) is 19.4. The van der Waals surface area contributed by atoms with Crippen molar-refractivity contribution in [1.29, 1.82) is 0 Å². The molecule has 3 heterocycles. The molecule has 0 radical (unpaired) electrons. The van der Waals surface area contributed by atoms with Crippen LogP contribution < -0.4 is 10.6 Å². The smallest absolute Gasteiger partial charge is 0.268 e. The minimum Gasteiger partial charge on any atom is -0.350 e. The second-order valence-corrected chi connectivity index (χ2v) is 8.25. The zero-order chi connectivity index (χ0) is 19.7. The maximum absolute atomic E-state index is 14.1. The number of hydrogen-bond donors (Lipinski definition) is 3. The summed E-state index contributed by atoms with van der Waals surface area (Å²) in [6, 6.07) is 5.94. The molecule has 2 saturated heterocycles. The molecule has 0 aliphatic carbocycles. The Kier molecular flexibility index (Phi) is 5.69. The Labute approximate surface area is 166 Å². The molecule has 5 nitrogen and oxygen atoms in total. The van der Waals surface area contributed by atoms with E-state index in [0.717, 1.165) is 44.5 Å². The molecular formula is C22H31FN4O. The van der Waals surface area contributed by atoms with Crippen LogP contribution in [-0.4, -0.2) is 53.6 Å². The first-order chi connectivity index (χ1) is 13.6. The lowest BCUT2D eigenvalue weighted by Gasteiger charge is -2.46. The highest BCUT2D eigenvalue weighted by Crippen LogP contribution is 2.27. The molecule has 1 amide bonds. The molecule has 1 aromatic heterocycles. The van der Waals surface area contributed by atoms with E-state index in [1.54, 1.807) is 12.1 Å². The number of aromatic nitrogens is 1. The Morgan fingerprint density at radius 3 is 2.79 bits per heavy atom. The van der Waals surface area contributed by atoms with Crippen LogP contribution in [0.5, 0.6) is 0 Å². The molecule has 2 atom stereocenters. The predicted molar refractivity (Wildman–Crippen MR) is 110 cm³/mol. The SMILES string of the molecule is CC[C@H]1C(NC(=O)c2cc3c(F)ccc(C)c3[nH]2)CCCN1C1CCNCC1. The normalized spacial score (nSPS) is 24.5. The highest BCUT2D eigenvalue weighted by molar-refractivity contribution is 5.99. The van der Waals surface area contributed by atoms with Gasteiger partial charge in [0.05, 0.1) is 5.52 Å². The monoisotopic (exact) mass is 386 g/mol. The molecule has 0 bridgehead atoms. The number of nitrogens with one attached hydrogen (secondary N) is 3. The van der Waals surface area contributed by atoms with Gasteiger partial charge in [0.25, 0.3) is 5.91 Å².